The summed E-state index contributed by atoms with van der Waals surface area (Å²) in [6.45, 7) is 7.67. The molecule has 3 N–H and O–H groups in total. The molecule has 212 valence electrons. The number of hydrogen-bond acceptors (Lipinski definition) is 8. The number of carbonyl (C=O) groups is 1. The molecule has 2 aliphatic rings. The van der Waals surface area contributed by atoms with E-state index in [1.54, 1.807) is 26.2 Å². The third kappa shape index (κ3) is 5.29. The van der Waals surface area contributed by atoms with Gasteiger partial charge >= 0.3 is 5.97 Å². The van der Waals surface area contributed by atoms with Gasteiger partial charge in [0.05, 0.1) is 42.2 Å². The lowest BCUT2D eigenvalue weighted by Gasteiger charge is -2.18. The summed E-state index contributed by atoms with van der Waals surface area (Å²) in [6, 6.07) is 7.15. The molecule has 2 aromatic heterocycles. The van der Waals surface area contributed by atoms with Crippen LogP contribution in [0.4, 0.5) is 10.2 Å². The fourth-order valence-electron chi connectivity index (χ4n) is 5.96. The number of fused-ring (bicyclic) bond motifs is 1. The Balaban J connectivity index is 1.26. The van der Waals surface area contributed by atoms with E-state index in [1.807, 2.05) is 32.0 Å². The molecule has 0 aliphatic heterocycles. The molecule has 0 saturated heterocycles. The fourth-order valence-corrected chi connectivity index (χ4v) is 5.96. The zero-order chi connectivity index (χ0) is 29.1. The third-order valence-electron chi connectivity index (χ3n) is 7.86. The minimum absolute atomic E-state index is 0.0884. The summed E-state index contributed by atoms with van der Waals surface area (Å²) in [5.74, 6) is -0.528. The van der Waals surface area contributed by atoms with Crippen LogP contribution < -0.4 is 5.32 Å². The van der Waals surface area contributed by atoms with E-state index in [9.17, 15) is 15.0 Å². The molecule has 4 aromatic rings. The number of halogens is 1. The minimum Gasteiger partial charge on any atom is -0.481 e. The SMILES string of the molecule is Cc1cc(-c2nnn(CC(C)(C)O)n2)cc(C)c1-c1ccc(F)c2c1CC[C@H]2Nc1cnc([C@@H]2C[C@H]2C(=O)O)cn1. The maximum Gasteiger partial charge on any atom is 0.307 e. The number of carboxylic acid groups (broad SMARTS) is 1. The predicted octanol–water partition coefficient (Wildman–Crippen LogP) is 4.61. The van der Waals surface area contributed by atoms with Gasteiger partial charge in [-0.05, 0) is 98.2 Å². The minimum atomic E-state index is -0.957. The van der Waals surface area contributed by atoms with Crippen molar-refractivity contribution in [3.8, 4) is 22.5 Å². The average molecular weight is 558 g/mol. The van der Waals surface area contributed by atoms with Crippen LogP contribution in [0.2, 0.25) is 0 Å². The van der Waals surface area contributed by atoms with E-state index in [4.69, 9.17) is 0 Å². The van der Waals surface area contributed by atoms with Gasteiger partial charge in [0.15, 0.2) is 0 Å². The Kier molecular flexibility index (Phi) is 6.56. The van der Waals surface area contributed by atoms with Gasteiger partial charge in [0.2, 0.25) is 5.82 Å². The third-order valence-corrected chi connectivity index (χ3v) is 7.86. The summed E-state index contributed by atoms with van der Waals surface area (Å²) in [4.78, 5) is 21.4. The Labute approximate surface area is 236 Å². The molecule has 41 heavy (non-hydrogen) atoms. The second-order valence-corrected chi connectivity index (χ2v) is 11.8. The highest BCUT2D eigenvalue weighted by Gasteiger charge is 2.45. The van der Waals surface area contributed by atoms with Crippen molar-refractivity contribution < 1.29 is 19.4 Å². The van der Waals surface area contributed by atoms with Crippen LogP contribution in [0.1, 0.15) is 66.6 Å². The smallest absolute Gasteiger partial charge is 0.307 e. The molecule has 1 saturated carbocycles. The van der Waals surface area contributed by atoms with Gasteiger partial charge in [0.1, 0.15) is 11.6 Å². The summed E-state index contributed by atoms with van der Waals surface area (Å²) >= 11 is 0. The zero-order valence-electron chi connectivity index (χ0n) is 23.4. The van der Waals surface area contributed by atoms with Crippen molar-refractivity contribution in [1.82, 2.24) is 30.2 Å². The number of tetrazole rings is 1. The monoisotopic (exact) mass is 557 g/mol. The summed E-state index contributed by atoms with van der Waals surface area (Å²) < 4.78 is 15.3. The van der Waals surface area contributed by atoms with Gasteiger partial charge in [0.25, 0.3) is 0 Å². The molecule has 0 amide bonds. The first-order valence-corrected chi connectivity index (χ1v) is 13.7. The molecule has 10 nitrogen and oxygen atoms in total. The number of aryl methyl sites for hydroxylation is 2. The first-order valence-electron chi connectivity index (χ1n) is 13.7. The Bertz CT molecular complexity index is 1620. The summed E-state index contributed by atoms with van der Waals surface area (Å²) in [5.41, 5.74) is 6.25. The standard InChI is InChI=1S/C30H32FN7O3/c1-15-9-17(28-35-37-38(36-28)14-30(3,4)41)10-16(2)26(15)18-5-7-22(31)27-19(18)6-8-23(27)34-25-13-32-24(12-33-25)20-11-21(20)29(39)40/h5,7,9-10,12-13,20-21,23,41H,6,8,11,14H2,1-4H3,(H,33,34)(H,39,40)/t20-,21-,23-/m1/s1. The normalized spacial score (nSPS) is 19.7. The molecule has 1 fully saturated rings. The van der Waals surface area contributed by atoms with Crippen LogP contribution in [0.3, 0.4) is 0 Å². The predicted molar refractivity (Wildman–Crippen MR) is 150 cm³/mol. The van der Waals surface area contributed by atoms with Gasteiger partial charge in [0, 0.05) is 17.0 Å². The second kappa shape index (κ2) is 9.99. The largest absolute Gasteiger partial charge is 0.481 e. The van der Waals surface area contributed by atoms with Gasteiger partial charge in [-0.25, -0.2) is 9.37 Å². The molecule has 2 aliphatic carbocycles. The van der Waals surface area contributed by atoms with Crippen LogP contribution in [0, 0.1) is 25.6 Å². The molecule has 3 atom stereocenters. The molecule has 2 heterocycles. The van der Waals surface area contributed by atoms with Crippen molar-refractivity contribution in [3.63, 3.8) is 0 Å². The van der Waals surface area contributed by atoms with Crippen LogP contribution in [0.5, 0.6) is 0 Å². The summed E-state index contributed by atoms with van der Waals surface area (Å²) in [7, 11) is 0. The number of nitrogens with zero attached hydrogens (tertiary/aromatic N) is 6. The Morgan fingerprint density at radius 2 is 1.93 bits per heavy atom. The topological polar surface area (TPSA) is 139 Å². The highest BCUT2D eigenvalue weighted by atomic mass is 19.1. The lowest BCUT2D eigenvalue weighted by Crippen LogP contribution is -2.27. The van der Waals surface area contributed by atoms with Crippen molar-refractivity contribution in [1.29, 1.82) is 0 Å². The van der Waals surface area contributed by atoms with Crippen LogP contribution in [0.25, 0.3) is 22.5 Å². The lowest BCUT2D eigenvalue weighted by molar-refractivity contribution is -0.138. The van der Waals surface area contributed by atoms with E-state index in [1.165, 1.54) is 10.9 Å². The van der Waals surface area contributed by atoms with E-state index >= 15 is 4.39 Å². The molecule has 2 aromatic carbocycles. The highest BCUT2D eigenvalue weighted by Crippen LogP contribution is 2.47. The van der Waals surface area contributed by atoms with Crippen LogP contribution in [-0.4, -0.2) is 52.0 Å². The number of aromatic nitrogens is 6. The number of benzene rings is 2. The Morgan fingerprint density at radius 1 is 1.17 bits per heavy atom. The van der Waals surface area contributed by atoms with Crippen LogP contribution >= 0.6 is 0 Å². The number of aliphatic hydroxyl groups is 1. The molecule has 0 unspecified atom stereocenters. The van der Waals surface area contributed by atoms with E-state index in [0.29, 0.717) is 42.2 Å². The molecule has 0 radical (unpaired) electrons. The van der Waals surface area contributed by atoms with Crippen molar-refractivity contribution in [2.45, 2.75) is 71.1 Å². The fraction of sp³-hybridized carbons (Fsp3) is 0.400. The molecule has 11 heteroatoms. The number of anilines is 1. The first kappa shape index (κ1) is 26.9. The maximum absolute atomic E-state index is 15.3. The van der Waals surface area contributed by atoms with Crippen LogP contribution in [0.15, 0.2) is 36.7 Å². The number of hydrogen-bond donors (Lipinski definition) is 3. The summed E-state index contributed by atoms with van der Waals surface area (Å²) in [6.07, 6.45) is 5.22. The molecular weight excluding hydrogens is 525 g/mol. The van der Waals surface area contributed by atoms with E-state index in [0.717, 1.165) is 33.4 Å². The number of nitrogens with one attached hydrogen (secondary N) is 1. The molecular formula is C30H32FN7O3. The number of carboxylic acids is 1. The Hall–Kier alpha value is -4.25. The van der Waals surface area contributed by atoms with E-state index < -0.39 is 11.6 Å². The highest BCUT2D eigenvalue weighted by molar-refractivity contribution is 5.79. The lowest BCUT2D eigenvalue weighted by atomic mass is 9.89. The van der Waals surface area contributed by atoms with Crippen molar-refractivity contribution >= 4 is 11.8 Å². The van der Waals surface area contributed by atoms with Gasteiger partial charge in [-0.1, -0.05) is 6.07 Å². The van der Waals surface area contributed by atoms with E-state index in [-0.39, 0.29) is 30.2 Å². The maximum atomic E-state index is 15.3. The number of aliphatic carboxylic acids is 1. The van der Waals surface area contributed by atoms with Crippen molar-refractivity contribution in [3.05, 3.63) is 70.4 Å². The average Bonchev–Trinajstić information content (AvgIpc) is 3.40. The van der Waals surface area contributed by atoms with Gasteiger partial charge < -0.3 is 15.5 Å². The first-order chi connectivity index (χ1) is 19.5. The van der Waals surface area contributed by atoms with Gasteiger partial charge in [-0.2, -0.15) is 4.80 Å². The number of rotatable bonds is 8. The quantitative estimate of drug-likeness (QED) is 0.283. The Morgan fingerprint density at radius 3 is 2.56 bits per heavy atom. The molecule has 6 rings (SSSR count). The van der Waals surface area contributed by atoms with E-state index in [2.05, 4.69) is 30.7 Å². The van der Waals surface area contributed by atoms with Gasteiger partial charge in [-0.15, -0.1) is 10.2 Å². The second-order valence-electron chi connectivity index (χ2n) is 11.8. The molecule has 0 bridgehead atoms. The van der Waals surface area contributed by atoms with Gasteiger partial charge in [-0.3, -0.25) is 9.78 Å². The zero-order valence-corrected chi connectivity index (χ0v) is 23.4. The summed E-state index contributed by atoms with van der Waals surface area (Å²) in [5, 5.41) is 35.3. The van der Waals surface area contributed by atoms with Crippen molar-refractivity contribution in [2.75, 3.05) is 5.32 Å². The van der Waals surface area contributed by atoms with Crippen LogP contribution in [-0.2, 0) is 17.8 Å². The molecule has 0 spiro atoms. The van der Waals surface area contributed by atoms with Crippen molar-refractivity contribution in [2.24, 2.45) is 5.92 Å².